The first-order chi connectivity index (χ1) is 42.1. The zero-order valence-corrected chi connectivity index (χ0v) is 49.4. The maximum absolute atomic E-state index is 14.4. The second-order valence-corrected chi connectivity index (χ2v) is 21.6. The number of phenolic OH excluding ortho intramolecular Hbond substituents is 2. The van der Waals surface area contributed by atoms with Crippen LogP contribution in [0, 0.1) is 0 Å². The number of carbonyl (C=O) groups is 13. The normalized spacial score (nSPS) is 15.7. The summed E-state index contributed by atoms with van der Waals surface area (Å²) in [5.41, 5.74) is 28.0. The minimum Gasteiger partial charge on any atom is -0.508 e. The number of carboxylic acid groups (broad SMARTS) is 2. The maximum Gasteiger partial charge on any atom is 0.326 e. The standard InChI is InChI=1S/C54H79N15O19S/c1-89-21-18-35(53(87)88)64-51(85)40-5-3-20-69(40)52(86)39(26-71)68-47(81)34(15-17-42(57)75)62-48(82)36(22-27-6-10-29(72)11-7-27)66-46(80)33(14-16-41(56)74)63-50(84)38(25-70)67-49(83)37(23-28-8-12-30(73)13-9-28)65-45(79)32(4-2-19-60-54(58)59)61-44(78)31(55)24-43(76)77/h6-13,31-40,70-73H,2-5,14-26,55H2,1H3,(H2,56,74)(H2,57,75)(H,61,78)(H,62,82)(H,63,84)(H,64,85)(H,65,79)(H,66,80)(H,67,83)(H,68,81)(H,76,77)(H,87,88)(H4,58,59,60)/t31-,32-,33-,34-,35-,36-,37-,38-,39-,40-/m0/s1. The number of guanidine groups is 1. The number of primary amides is 2. The van der Waals surface area contributed by atoms with Crippen LogP contribution in [-0.4, -0.2) is 217 Å². The van der Waals surface area contributed by atoms with E-state index < -0.39 is 189 Å². The van der Waals surface area contributed by atoms with Gasteiger partial charge in [0.1, 0.15) is 65.9 Å². The number of likely N-dealkylation sites (tertiary alicyclic amines) is 1. The molecule has 24 N–H and O–H groups in total. The number of aliphatic imine (C=N–C) groups is 1. The van der Waals surface area contributed by atoms with Gasteiger partial charge in [0.15, 0.2) is 5.96 Å². The summed E-state index contributed by atoms with van der Waals surface area (Å²) in [4.78, 5) is 177. The molecule has 0 bridgehead atoms. The predicted octanol–water partition coefficient (Wildman–Crippen LogP) is -7.04. The van der Waals surface area contributed by atoms with E-state index in [2.05, 4.69) is 47.5 Å². The summed E-state index contributed by atoms with van der Waals surface area (Å²) < 4.78 is 0. The number of aromatic hydroxyl groups is 2. The first-order valence-electron chi connectivity index (χ1n) is 27.9. The molecule has 3 rings (SSSR count). The lowest BCUT2D eigenvalue weighted by molar-refractivity contribution is -0.145. The van der Waals surface area contributed by atoms with E-state index >= 15 is 0 Å². The quantitative estimate of drug-likeness (QED) is 0.0168. The van der Waals surface area contributed by atoms with E-state index in [-0.39, 0.29) is 74.6 Å². The molecule has 2 aromatic rings. The topological polar surface area (TPSA) is 585 Å². The molecule has 1 saturated heterocycles. The van der Waals surface area contributed by atoms with Gasteiger partial charge in [-0.2, -0.15) is 11.8 Å². The number of hydrogen-bond acceptors (Lipinski definition) is 20. The Hall–Kier alpha value is -9.35. The van der Waals surface area contributed by atoms with Crippen molar-refractivity contribution in [3.8, 4) is 11.5 Å². The highest BCUT2D eigenvalue weighted by Gasteiger charge is 2.40. The number of phenols is 2. The van der Waals surface area contributed by atoms with Crippen molar-refractivity contribution in [2.75, 3.05) is 38.3 Å². The lowest BCUT2D eigenvalue weighted by Crippen LogP contribution is -2.61. The van der Waals surface area contributed by atoms with Crippen molar-refractivity contribution in [3.63, 3.8) is 0 Å². The van der Waals surface area contributed by atoms with Gasteiger partial charge in [-0.3, -0.25) is 62.5 Å². The molecular weight excluding hydrogens is 1190 g/mol. The Bertz CT molecular complexity index is 2850. The van der Waals surface area contributed by atoms with E-state index in [0.29, 0.717) is 11.3 Å². The third kappa shape index (κ3) is 25.9. The molecule has 0 saturated carbocycles. The van der Waals surface area contributed by atoms with Crippen molar-refractivity contribution in [2.45, 2.75) is 137 Å². The van der Waals surface area contributed by atoms with Crippen LogP contribution in [0.3, 0.4) is 0 Å². The first-order valence-corrected chi connectivity index (χ1v) is 29.3. The summed E-state index contributed by atoms with van der Waals surface area (Å²) in [7, 11) is 0. The smallest absolute Gasteiger partial charge is 0.326 e. The molecule has 490 valence electrons. The van der Waals surface area contributed by atoms with Crippen LogP contribution >= 0.6 is 11.8 Å². The zero-order valence-electron chi connectivity index (χ0n) is 48.6. The van der Waals surface area contributed by atoms with Crippen molar-refractivity contribution >= 4 is 94.6 Å². The molecule has 1 aliphatic heterocycles. The largest absolute Gasteiger partial charge is 0.508 e. The Balaban J connectivity index is 1.95. The van der Waals surface area contributed by atoms with Crippen LogP contribution in [0.25, 0.3) is 0 Å². The highest BCUT2D eigenvalue weighted by atomic mass is 32.2. The summed E-state index contributed by atoms with van der Waals surface area (Å²) in [5, 5.41) is 78.6. The van der Waals surface area contributed by atoms with Gasteiger partial charge in [0, 0.05) is 38.8 Å². The molecule has 1 heterocycles. The molecule has 10 atom stereocenters. The number of aliphatic hydroxyl groups excluding tert-OH is 2. The van der Waals surface area contributed by atoms with Gasteiger partial charge in [-0.1, -0.05) is 24.3 Å². The van der Waals surface area contributed by atoms with Crippen LogP contribution < -0.4 is 71.2 Å². The molecule has 0 spiro atoms. The number of carboxylic acids is 2. The lowest BCUT2D eigenvalue weighted by Gasteiger charge is -2.30. The van der Waals surface area contributed by atoms with Gasteiger partial charge in [-0.15, -0.1) is 0 Å². The summed E-state index contributed by atoms with van der Waals surface area (Å²) in [6.45, 7) is -2.31. The van der Waals surface area contributed by atoms with Gasteiger partial charge in [-0.25, -0.2) is 4.79 Å². The fraction of sp³-hybridized carbons (Fsp3) is 0.519. The number of aliphatic carboxylic acids is 2. The number of carbonyl (C=O) groups excluding carboxylic acids is 11. The van der Waals surface area contributed by atoms with E-state index in [4.69, 9.17) is 28.7 Å². The third-order valence-corrected chi connectivity index (χ3v) is 14.3. The number of amides is 11. The summed E-state index contributed by atoms with van der Waals surface area (Å²) in [6.07, 6.45) is -1.85. The molecule has 0 unspecified atom stereocenters. The van der Waals surface area contributed by atoms with E-state index in [1.54, 1.807) is 6.26 Å². The average molecular weight is 1270 g/mol. The van der Waals surface area contributed by atoms with Crippen LogP contribution in [0.5, 0.6) is 11.5 Å². The first kappa shape index (κ1) is 73.9. The Kier molecular flexibility index (Phi) is 31.0. The maximum atomic E-state index is 14.4. The Morgan fingerprint density at radius 2 is 0.978 bits per heavy atom. The van der Waals surface area contributed by atoms with Gasteiger partial charge >= 0.3 is 11.9 Å². The van der Waals surface area contributed by atoms with Crippen LogP contribution in [0.1, 0.15) is 75.3 Å². The van der Waals surface area contributed by atoms with Crippen LogP contribution in [0.2, 0.25) is 0 Å². The number of rotatable bonds is 39. The lowest BCUT2D eigenvalue weighted by atomic mass is 10.0. The fourth-order valence-electron chi connectivity index (χ4n) is 8.87. The van der Waals surface area contributed by atoms with Gasteiger partial charge in [0.25, 0.3) is 0 Å². The number of nitrogens with zero attached hydrogens (tertiary/aromatic N) is 2. The molecule has 89 heavy (non-hydrogen) atoms. The fourth-order valence-corrected chi connectivity index (χ4v) is 9.35. The third-order valence-electron chi connectivity index (χ3n) is 13.6. The molecule has 0 aliphatic carbocycles. The molecule has 2 aromatic carbocycles. The van der Waals surface area contributed by atoms with Crippen molar-refractivity contribution in [1.82, 2.24) is 47.4 Å². The van der Waals surface area contributed by atoms with Crippen molar-refractivity contribution in [3.05, 3.63) is 59.7 Å². The summed E-state index contributed by atoms with van der Waals surface area (Å²) in [6, 6.07) is -5.86. The minimum atomic E-state index is -1.96. The Labute approximate surface area is 514 Å². The monoisotopic (exact) mass is 1270 g/mol. The Morgan fingerprint density at radius 1 is 0.562 bits per heavy atom. The van der Waals surface area contributed by atoms with Crippen LogP contribution in [-0.2, 0) is 75.2 Å². The zero-order chi connectivity index (χ0) is 66.5. The van der Waals surface area contributed by atoms with Crippen LogP contribution in [0.4, 0.5) is 0 Å². The van der Waals surface area contributed by atoms with E-state index in [9.17, 15) is 93.0 Å². The average Bonchev–Trinajstić information content (AvgIpc) is 4.11. The molecular formula is C54H79N15O19S. The van der Waals surface area contributed by atoms with Crippen LogP contribution in [0.15, 0.2) is 53.5 Å². The minimum absolute atomic E-state index is 0.0312. The molecule has 11 amide bonds. The molecule has 35 heteroatoms. The number of nitrogens with one attached hydrogen (secondary N) is 8. The molecule has 0 aromatic heterocycles. The van der Waals surface area contributed by atoms with E-state index in [0.717, 1.165) is 4.90 Å². The van der Waals surface area contributed by atoms with Crippen molar-refractivity contribution in [2.24, 2.45) is 33.7 Å². The highest BCUT2D eigenvalue weighted by molar-refractivity contribution is 7.98. The molecule has 1 fully saturated rings. The number of nitrogens with two attached hydrogens (primary N) is 5. The van der Waals surface area contributed by atoms with Crippen molar-refractivity contribution in [1.29, 1.82) is 0 Å². The summed E-state index contributed by atoms with van der Waals surface area (Å²) in [5.74, 6) is -14.7. The summed E-state index contributed by atoms with van der Waals surface area (Å²) >= 11 is 1.35. The number of aliphatic hydroxyl groups is 2. The van der Waals surface area contributed by atoms with E-state index in [1.165, 1.54) is 60.3 Å². The molecule has 34 nitrogen and oxygen atoms in total. The van der Waals surface area contributed by atoms with Gasteiger partial charge in [0.2, 0.25) is 65.0 Å². The molecule has 0 radical (unpaired) electrons. The van der Waals surface area contributed by atoms with Gasteiger partial charge < -0.3 is 107 Å². The molecule has 1 aliphatic rings. The van der Waals surface area contributed by atoms with E-state index in [1.807, 2.05) is 0 Å². The Morgan fingerprint density at radius 3 is 1.40 bits per heavy atom. The van der Waals surface area contributed by atoms with Crippen molar-refractivity contribution < 1.29 is 93.0 Å². The number of thioether (sulfide) groups is 1. The SMILES string of the molecule is CSCC[C@H](NC(=O)[C@@H]1CCCN1C(=O)[C@H](CO)NC(=O)[C@H](CCC(N)=O)NC(=O)[C@H](Cc1ccc(O)cc1)NC(=O)[C@H](CCC(N)=O)NC(=O)[C@H](CO)NC(=O)[C@H](Cc1ccc(O)cc1)NC(=O)[C@H](CCCN=C(N)N)NC(=O)[C@@H](N)CC(=O)O)C(=O)O. The second-order valence-electron chi connectivity index (χ2n) is 20.6. The predicted molar refractivity (Wildman–Crippen MR) is 316 cm³/mol. The number of hydrogen-bond donors (Lipinski definition) is 19. The number of benzene rings is 2. The second kappa shape index (κ2) is 37.4. The van der Waals surface area contributed by atoms with Gasteiger partial charge in [0.05, 0.1) is 25.7 Å². The van der Waals surface area contributed by atoms with Gasteiger partial charge in [-0.05, 0) is 92.3 Å². The highest BCUT2D eigenvalue weighted by Crippen LogP contribution is 2.20.